The summed E-state index contributed by atoms with van der Waals surface area (Å²) in [6, 6.07) is 22.0. The van der Waals surface area contributed by atoms with Crippen LogP contribution >= 0.6 is 12.2 Å². The van der Waals surface area contributed by atoms with Crippen molar-refractivity contribution < 1.29 is 9.18 Å². The highest BCUT2D eigenvalue weighted by Crippen LogP contribution is 2.15. The topological polar surface area (TPSA) is 77.0 Å². The van der Waals surface area contributed by atoms with Crippen LogP contribution in [0.5, 0.6) is 0 Å². The first-order valence-corrected chi connectivity index (χ1v) is 9.65. The fraction of sp³-hybridized carbons (Fsp3) is 0.0870. The lowest BCUT2D eigenvalue weighted by atomic mass is 10.1. The summed E-state index contributed by atoms with van der Waals surface area (Å²) in [7, 11) is 0. The molecule has 0 heterocycles. The molecule has 3 N–H and O–H groups in total. The number of carbonyl (C=O) groups is 1. The summed E-state index contributed by atoms with van der Waals surface area (Å²) in [5, 5.41) is 18.4. The first kappa shape index (κ1) is 21.0. The van der Waals surface area contributed by atoms with Gasteiger partial charge in [-0.15, -0.1) is 0 Å². The Morgan fingerprint density at radius 2 is 1.63 bits per heavy atom. The van der Waals surface area contributed by atoms with E-state index in [1.54, 1.807) is 60.7 Å². The molecular formula is C23H19FN4OS. The molecule has 0 aliphatic heterocycles. The summed E-state index contributed by atoms with van der Waals surface area (Å²) in [6.45, 7) is 0.618. The number of carbonyl (C=O) groups excluding carboxylic acids is 1. The van der Waals surface area contributed by atoms with Gasteiger partial charge in [0.2, 0.25) is 0 Å². The van der Waals surface area contributed by atoms with Crippen LogP contribution in [0.15, 0.2) is 72.8 Å². The van der Waals surface area contributed by atoms with Crippen molar-refractivity contribution in [3.8, 4) is 6.07 Å². The first-order valence-electron chi connectivity index (χ1n) is 9.24. The van der Waals surface area contributed by atoms with Crippen LogP contribution in [0.25, 0.3) is 0 Å². The zero-order valence-corrected chi connectivity index (χ0v) is 16.8. The second-order valence-electron chi connectivity index (χ2n) is 6.48. The molecule has 0 radical (unpaired) electrons. The predicted octanol–water partition coefficient (Wildman–Crippen LogP) is 4.48. The van der Waals surface area contributed by atoms with Gasteiger partial charge in [0, 0.05) is 23.5 Å². The zero-order chi connectivity index (χ0) is 21.3. The molecule has 0 bridgehead atoms. The minimum Gasteiger partial charge on any atom is -0.362 e. The highest BCUT2D eigenvalue weighted by molar-refractivity contribution is 7.80. The third-order valence-corrected chi connectivity index (χ3v) is 4.51. The predicted molar refractivity (Wildman–Crippen MR) is 120 cm³/mol. The fourth-order valence-electron chi connectivity index (χ4n) is 2.72. The van der Waals surface area contributed by atoms with E-state index in [0.29, 0.717) is 28.5 Å². The molecule has 5 nitrogen and oxygen atoms in total. The molecule has 0 aliphatic rings. The molecule has 0 fully saturated rings. The molecule has 0 spiro atoms. The fourth-order valence-corrected chi connectivity index (χ4v) is 2.94. The normalized spacial score (nSPS) is 10.0. The number of hydrogen-bond donors (Lipinski definition) is 3. The van der Waals surface area contributed by atoms with E-state index in [1.165, 1.54) is 12.1 Å². The van der Waals surface area contributed by atoms with E-state index in [2.05, 4.69) is 16.0 Å². The van der Waals surface area contributed by atoms with Crippen molar-refractivity contribution in [2.45, 2.75) is 6.42 Å². The largest absolute Gasteiger partial charge is 0.362 e. The monoisotopic (exact) mass is 418 g/mol. The lowest BCUT2D eigenvalue weighted by Crippen LogP contribution is -2.30. The van der Waals surface area contributed by atoms with Crippen molar-refractivity contribution >= 4 is 34.6 Å². The molecular weight excluding hydrogens is 399 g/mol. The molecule has 0 aliphatic carbocycles. The Hall–Kier alpha value is -3.76. The van der Waals surface area contributed by atoms with Crippen molar-refractivity contribution in [2.75, 3.05) is 17.2 Å². The third kappa shape index (κ3) is 6.12. The van der Waals surface area contributed by atoms with E-state index in [0.717, 1.165) is 17.7 Å². The maximum absolute atomic E-state index is 12.9. The van der Waals surface area contributed by atoms with E-state index >= 15 is 0 Å². The first-order chi connectivity index (χ1) is 14.5. The molecule has 3 rings (SSSR count). The molecule has 7 heteroatoms. The van der Waals surface area contributed by atoms with E-state index < -0.39 is 0 Å². The van der Waals surface area contributed by atoms with E-state index in [9.17, 15) is 9.18 Å². The Kier molecular flexibility index (Phi) is 7.09. The summed E-state index contributed by atoms with van der Waals surface area (Å²) in [4.78, 5) is 12.3. The van der Waals surface area contributed by atoms with Crippen LogP contribution < -0.4 is 16.0 Å². The molecule has 0 saturated heterocycles. The van der Waals surface area contributed by atoms with Crippen LogP contribution in [0.1, 0.15) is 21.5 Å². The van der Waals surface area contributed by atoms with Gasteiger partial charge in [-0.3, -0.25) is 4.79 Å². The van der Waals surface area contributed by atoms with Gasteiger partial charge < -0.3 is 16.0 Å². The number of halogens is 1. The van der Waals surface area contributed by atoms with Gasteiger partial charge in [-0.25, -0.2) is 4.39 Å². The van der Waals surface area contributed by atoms with Crippen molar-refractivity contribution in [1.29, 1.82) is 5.26 Å². The number of benzene rings is 3. The highest BCUT2D eigenvalue weighted by Gasteiger charge is 2.07. The summed E-state index contributed by atoms with van der Waals surface area (Å²) in [6.07, 6.45) is 0.722. The maximum atomic E-state index is 12.9. The molecule has 0 atom stereocenters. The zero-order valence-electron chi connectivity index (χ0n) is 16.0. The van der Waals surface area contributed by atoms with Crippen LogP contribution in [-0.2, 0) is 6.42 Å². The van der Waals surface area contributed by atoms with E-state index in [4.69, 9.17) is 17.5 Å². The molecule has 0 aromatic heterocycles. The van der Waals surface area contributed by atoms with Crippen LogP contribution in [0.4, 0.5) is 15.8 Å². The number of hydrogen-bond acceptors (Lipinski definition) is 3. The SMILES string of the molecule is N#Cc1cccc(C(=O)Nc2ccc(NC(=S)NCCc3ccc(F)cc3)cc2)c1. The molecule has 1 amide bonds. The third-order valence-electron chi connectivity index (χ3n) is 4.27. The summed E-state index contributed by atoms with van der Waals surface area (Å²) in [5.41, 5.74) is 3.28. The standard InChI is InChI=1S/C23H19FN4OS/c24-19-6-4-16(5-7-19)12-13-26-23(30)28-21-10-8-20(9-11-21)27-22(29)18-3-1-2-17(14-18)15-25/h1-11,14H,12-13H2,(H,27,29)(H2,26,28,30). The number of nitriles is 1. The molecule has 3 aromatic rings. The van der Waals surface area contributed by atoms with Crippen LogP contribution in [0.2, 0.25) is 0 Å². The van der Waals surface area contributed by atoms with Gasteiger partial charge in [-0.2, -0.15) is 5.26 Å². The maximum Gasteiger partial charge on any atom is 0.255 e. The van der Waals surface area contributed by atoms with Gasteiger partial charge in [-0.1, -0.05) is 18.2 Å². The molecule has 0 saturated carbocycles. The molecule has 30 heavy (non-hydrogen) atoms. The Balaban J connectivity index is 1.47. The van der Waals surface area contributed by atoms with Gasteiger partial charge in [0.25, 0.3) is 5.91 Å². The molecule has 0 unspecified atom stereocenters. The Bertz CT molecular complexity index is 1080. The van der Waals surface area contributed by atoms with Crippen LogP contribution in [-0.4, -0.2) is 17.6 Å². The second-order valence-corrected chi connectivity index (χ2v) is 6.89. The van der Waals surface area contributed by atoms with Gasteiger partial charge >= 0.3 is 0 Å². The van der Waals surface area contributed by atoms with Gasteiger partial charge in [-0.05, 0) is 78.8 Å². The van der Waals surface area contributed by atoms with Gasteiger partial charge in [0.1, 0.15) is 5.82 Å². The smallest absolute Gasteiger partial charge is 0.255 e. The number of nitrogens with zero attached hydrogens (tertiary/aromatic N) is 1. The number of thiocarbonyl (C=S) groups is 1. The van der Waals surface area contributed by atoms with Crippen molar-refractivity contribution in [3.05, 3.63) is 95.3 Å². The average Bonchev–Trinajstić information content (AvgIpc) is 2.76. The van der Waals surface area contributed by atoms with Crippen LogP contribution in [0.3, 0.4) is 0 Å². The highest BCUT2D eigenvalue weighted by atomic mass is 32.1. The lowest BCUT2D eigenvalue weighted by Gasteiger charge is -2.11. The van der Waals surface area contributed by atoms with Crippen molar-refractivity contribution in [1.82, 2.24) is 5.32 Å². The summed E-state index contributed by atoms with van der Waals surface area (Å²) in [5.74, 6) is -0.537. The minimum atomic E-state index is -0.286. The Labute approximate surface area is 179 Å². The Morgan fingerprint density at radius 3 is 2.30 bits per heavy atom. The Morgan fingerprint density at radius 1 is 0.967 bits per heavy atom. The van der Waals surface area contributed by atoms with E-state index in [1.807, 2.05) is 6.07 Å². The number of nitrogens with one attached hydrogen (secondary N) is 3. The van der Waals surface area contributed by atoms with Crippen LogP contribution in [0, 0.1) is 17.1 Å². The molecule has 150 valence electrons. The van der Waals surface area contributed by atoms with Gasteiger partial charge in [0.15, 0.2) is 5.11 Å². The number of amides is 1. The van der Waals surface area contributed by atoms with Gasteiger partial charge in [0.05, 0.1) is 11.6 Å². The van der Waals surface area contributed by atoms with Crippen molar-refractivity contribution in [2.24, 2.45) is 0 Å². The molecule has 3 aromatic carbocycles. The second kappa shape index (κ2) is 10.1. The lowest BCUT2D eigenvalue weighted by molar-refractivity contribution is 0.102. The summed E-state index contributed by atoms with van der Waals surface area (Å²) < 4.78 is 12.9. The van der Waals surface area contributed by atoms with E-state index in [-0.39, 0.29) is 11.7 Å². The number of rotatable bonds is 6. The quantitative estimate of drug-likeness (QED) is 0.515. The number of anilines is 2. The minimum absolute atomic E-state index is 0.251. The van der Waals surface area contributed by atoms with Crippen molar-refractivity contribution in [3.63, 3.8) is 0 Å². The summed E-state index contributed by atoms with van der Waals surface area (Å²) >= 11 is 5.28. The average molecular weight is 418 g/mol.